The van der Waals surface area contributed by atoms with Gasteiger partial charge in [0.2, 0.25) is 0 Å². The van der Waals surface area contributed by atoms with Gasteiger partial charge in [0.25, 0.3) is 5.91 Å². The van der Waals surface area contributed by atoms with E-state index < -0.39 is 0 Å². The van der Waals surface area contributed by atoms with Crippen molar-refractivity contribution in [2.24, 2.45) is 4.99 Å². The van der Waals surface area contributed by atoms with E-state index in [0.29, 0.717) is 25.4 Å². The SMILES string of the molecule is CCNC(=NCC(c1cccs1)N1CCOCC1)NCCNC(=O)c1ccco1. The van der Waals surface area contributed by atoms with Gasteiger partial charge in [-0.15, -0.1) is 11.3 Å². The number of nitrogens with one attached hydrogen (secondary N) is 3. The topological polar surface area (TPSA) is 91.1 Å². The van der Waals surface area contributed by atoms with Gasteiger partial charge in [-0.05, 0) is 30.5 Å². The molecule has 0 aliphatic carbocycles. The monoisotopic (exact) mass is 419 g/mol. The Morgan fingerprint density at radius 2 is 2.03 bits per heavy atom. The highest BCUT2D eigenvalue weighted by molar-refractivity contribution is 7.10. The minimum absolute atomic E-state index is 0.219. The van der Waals surface area contributed by atoms with E-state index in [1.807, 2.05) is 6.92 Å². The molecule has 1 saturated heterocycles. The van der Waals surface area contributed by atoms with Crippen LogP contribution in [0, 0.1) is 0 Å². The lowest BCUT2D eigenvalue weighted by Gasteiger charge is -2.33. The molecule has 158 valence electrons. The zero-order chi connectivity index (χ0) is 20.3. The highest BCUT2D eigenvalue weighted by atomic mass is 32.1. The molecule has 1 aliphatic rings. The van der Waals surface area contributed by atoms with E-state index in [4.69, 9.17) is 14.1 Å². The number of furan rings is 1. The summed E-state index contributed by atoms with van der Waals surface area (Å²) >= 11 is 1.76. The number of morpholine rings is 1. The first-order valence-electron chi connectivity index (χ1n) is 9.97. The molecule has 1 aliphatic heterocycles. The van der Waals surface area contributed by atoms with Crippen LogP contribution in [0.15, 0.2) is 45.3 Å². The lowest BCUT2D eigenvalue weighted by atomic mass is 10.2. The molecule has 0 aromatic carbocycles. The van der Waals surface area contributed by atoms with Crippen LogP contribution >= 0.6 is 11.3 Å². The Balaban J connectivity index is 1.52. The zero-order valence-electron chi connectivity index (χ0n) is 16.7. The molecule has 1 amide bonds. The first kappa shape index (κ1) is 21.4. The molecule has 9 heteroatoms. The molecule has 1 unspecified atom stereocenters. The summed E-state index contributed by atoms with van der Waals surface area (Å²) in [7, 11) is 0. The third-order valence-corrected chi connectivity index (χ3v) is 5.55. The van der Waals surface area contributed by atoms with Crippen LogP contribution in [0.1, 0.15) is 28.4 Å². The molecule has 2 aromatic rings. The van der Waals surface area contributed by atoms with Crippen molar-refractivity contribution in [1.29, 1.82) is 0 Å². The molecule has 3 heterocycles. The number of guanidine groups is 1. The van der Waals surface area contributed by atoms with Crippen molar-refractivity contribution in [2.45, 2.75) is 13.0 Å². The van der Waals surface area contributed by atoms with Gasteiger partial charge < -0.3 is 25.1 Å². The average molecular weight is 420 g/mol. The Labute approximate surface area is 175 Å². The van der Waals surface area contributed by atoms with Gasteiger partial charge in [-0.1, -0.05) is 6.07 Å². The maximum absolute atomic E-state index is 11.9. The Hall–Kier alpha value is -2.36. The summed E-state index contributed by atoms with van der Waals surface area (Å²) in [6.45, 7) is 7.87. The molecular formula is C20H29N5O3S. The van der Waals surface area contributed by atoms with E-state index >= 15 is 0 Å². The van der Waals surface area contributed by atoms with Crippen molar-refractivity contribution < 1.29 is 13.9 Å². The van der Waals surface area contributed by atoms with Crippen molar-refractivity contribution in [2.75, 3.05) is 52.5 Å². The standard InChI is InChI=1S/C20H29N5O3S/c1-2-21-20(23-8-7-22-19(26)17-5-3-11-28-17)24-15-16(18-6-4-14-29-18)25-9-12-27-13-10-25/h3-6,11,14,16H,2,7-10,12-13,15H2,1H3,(H,22,26)(H2,21,23,24). The van der Waals surface area contributed by atoms with Gasteiger partial charge in [-0.3, -0.25) is 14.7 Å². The summed E-state index contributed by atoms with van der Waals surface area (Å²) in [5.74, 6) is 0.841. The molecule has 0 radical (unpaired) electrons. The second-order valence-electron chi connectivity index (χ2n) is 6.56. The lowest BCUT2D eigenvalue weighted by Crippen LogP contribution is -2.43. The number of thiophene rings is 1. The van der Waals surface area contributed by atoms with Crippen molar-refractivity contribution >= 4 is 23.2 Å². The maximum atomic E-state index is 11.9. The fourth-order valence-electron chi connectivity index (χ4n) is 3.13. The van der Waals surface area contributed by atoms with Crippen LogP contribution < -0.4 is 16.0 Å². The fraction of sp³-hybridized carbons (Fsp3) is 0.500. The van der Waals surface area contributed by atoms with E-state index in [9.17, 15) is 4.79 Å². The summed E-state index contributed by atoms with van der Waals surface area (Å²) in [6, 6.07) is 7.84. The van der Waals surface area contributed by atoms with Gasteiger partial charge in [-0.25, -0.2) is 0 Å². The minimum atomic E-state index is -0.219. The molecule has 0 saturated carbocycles. The van der Waals surface area contributed by atoms with Crippen LogP contribution in [0.5, 0.6) is 0 Å². The van der Waals surface area contributed by atoms with Gasteiger partial charge in [0.05, 0.1) is 32.1 Å². The number of hydrogen-bond acceptors (Lipinski definition) is 6. The third kappa shape index (κ3) is 6.59. The molecule has 3 rings (SSSR count). The average Bonchev–Trinajstić information content (AvgIpc) is 3.46. The van der Waals surface area contributed by atoms with E-state index in [0.717, 1.165) is 38.8 Å². The van der Waals surface area contributed by atoms with E-state index in [-0.39, 0.29) is 11.9 Å². The van der Waals surface area contributed by atoms with E-state index in [2.05, 4.69) is 38.4 Å². The maximum Gasteiger partial charge on any atom is 0.287 e. The number of amides is 1. The summed E-state index contributed by atoms with van der Waals surface area (Å²) in [5, 5.41) is 11.5. The number of carbonyl (C=O) groups is 1. The van der Waals surface area contributed by atoms with Gasteiger partial charge in [0.1, 0.15) is 0 Å². The number of aliphatic imine (C=N–C) groups is 1. The first-order valence-corrected chi connectivity index (χ1v) is 10.8. The summed E-state index contributed by atoms with van der Waals surface area (Å²) in [4.78, 5) is 20.5. The quantitative estimate of drug-likeness (QED) is 0.326. The van der Waals surface area contributed by atoms with Crippen molar-refractivity contribution in [3.8, 4) is 0 Å². The van der Waals surface area contributed by atoms with E-state index in [1.54, 1.807) is 23.5 Å². The van der Waals surface area contributed by atoms with Gasteiger partial charge in [0.15, 0.2) is 11.7 Å². The van der Waals surface area contributed by atoms with Gasteiger partial charge in [0, 0.05) is 37.6 Å². The number of carbonyl (C=O) groups excluding carboxylic acids is 1. The number of hydrogen-bond donors (Lipinski definition) is 3. The van der Waals surface area contributed by atoms with Crippen LogP contribution in [0.4, 0.5) is 0 Å². The molecular weight excluding hydrogens is 390 g/mol. The smallest absolute Gasteiger partial charge is 0.287 e. The van der Waals surface area contributed by atoms with Crippen LogP contribution in [-0.2, 0) is 4.74 Å². The Morgan fingerprint density at radius 3 is 2.72 bits per heavy atom. The van der Waals surface area contributed by atoms with Crippen molar-refractivity contribution in [1.82, 2.24) is 20.9 Å². The second-order valence-corrected chi connectivity index (χ2v) is 7.54. The summed E-state index contributed by atoms with van der Waals surface area (Å²) < 4.78 is 10.6. The molecule has 0 spiro atoms. The minimum Gasteiger partial charge on any atom is -0.459 e. The van der Waals surface area contributed by atoms with Crippen LogP contribution in [0.2, 0.25) is 0 Å². The van der Waals surface area contributed by atoms with Gasteiger partial charge in [-0.2, -0.15) is 0 Å². The Kier molecular flexibility index (Phi) is 8.54. The molecule has 8 nitrogen and oxygen atoms in total. The Morgan fingerprint density at radius 1 is 1.21 bits per heavy atom. The van der Waals surface area contributed by atoms with Crippen LogP contribution in [-0.4, -0.2) is 69.2 Å². The van der Waals surface area contributed by atoms with Crippen LogP contribution in [0.25, 0.3) is 0 Å². The van der Waals surface area contributed by atoms with Gasteiger partial charge >= 0.3 is 0 Å². The molecule has 1 fully saturated rings. The predicted octanol–water partition coefficient (Wildman–Crippen LogP) is 1.70. The highest BCUT2D eigenvalue weighted by Crippen LogP contribution is 2.26. The summed E-state index contributed by atoms with van der Waals surface area (Å²) in [5.41, 5.74) is 0. The lowest BCUT2D eigenvalue weighted by molar-refractivity contribution is 0.0186. The largest absolute Gasteiger partial charge is 0.459 e. The number of rotatable bonds is 9. The molecule has 0 bridgehead atoms. The zero-order valence-corrected chi connectivity index (χ0v) is 17.5. The molecule has 1 atom stereocenters. The van der Waals surface area contributed by atoms with Crippen molar-refractivity contribution in [3.63, 3.8) is 0 Å². The summed E-state index contributed by atoms with van der Waals surface area (Å²) in [6.07, 6.45) is 1.49. The third-order valence-electron chi connectivity index (χ3n) is 4.57. The molecule has 29 heavy (non-hydrogen) atoms. The van der Waals surface area contributed by atoms with Crippen LogP contribution in [0.3, 0.4) is 0 Å². The molecule has 2 aromatic heterocycles. The van der Waals surface area contributed by atoms with Crippen molar-refractivity contribution in [3.05, 3.63) is 46.5 Å². The first-order chi connectivity index (χ1) is 14.3. The Bertz CT molecular complexity index is 742. The number of ether oxygens (including phenoxy) is 1. The fourth-order valence-corrected chi connectivity index (χ4v) is 3.98. The normalized spacial score (nSPS) is 16.4. The molecule has 3 N–H and O–H groups in total. The van der Waals surface area contributed by atoms with E-state index in [1.165, 1.54) is 11.1 Å². The second kappa shape index (κ2) is 11.6. The predicted molar refractivity (Wildman–Crippen MR) is 114 cm³/mol. The highest BCUT2D eigenvalue weighted by Gasteiger charge is 2.23. The number of nitrogens with zero attached hydrogens (tertiary/aromatic N) is 2.